The molecule has 116 valence electrons. The molecule has 1 amide bonds. The summed E-state index contributed by atoms with van der Waals surface area (Å²) in [6.07, 6.45) is 0.752. The molecule has 1 aliphatic rings. The average molecular weight is 294 g/mol. The van der Waals surface area contributed by atoms with E-state index in [2.05, 4.69) is 15.4 Å². The minimum Gasteiger partial charge on any atom is -0.463 e. The maximum Gasteiger partial charge on any atom is 0.293 e. The second-order valence-corrected chi connectivity index (χ2v) is 4.47. The molecule has 0 radical (unpaired) electrons. The molecule has 1 fully saturated rings. The predicted octanol–water partition coefficient (Wildman–Crippen LogP) is 0.471. The van der Waals surface area contributed by atoms with Gasteiger partial charge in [0.2, 0.25) is 5.91 Å². The fourth-order valence-electron chi connectivity index (χ4n) is 1.82. The molecule has 1 aromatic rings. The third kappa shape index (κ3) is 7.43. The van der Waals surface area contributed by atoms with E-state index in [9.17, 15) is 9.59 Å². The Labute approximate surface area is 124 Å². The Morgan fingerprint density at radius 2 is 2.05 bits per heavy atom. The SMILES string of the molecule is COCCC1NCCNC1=O.O=COCc1ccccc1. The summed E-state index contributed by atoms with van der Waals surface area (Å²) in [5.41, 5.74) is 1.01. The van der Waals surface area contributed by atoms with E-state index < -0.39 is 0 Å². The molecule has 1 saturated heterocycles. The highest BCUT2D eigenvalue weighted by molar-refractivity contribution is 5.82. The lowest BCUT2D eigenvalue weighted by molar-refractivity contribution is -0.129. The third-order valence-corrected chi connectivity index (χ3v) is 2.90. The number of hydrogen-bond acceptors (Lipinski definition) is 5. The standard InChI is InChI=1S/C8H8O2.C7H14N2O2/c9-7-10-6-8-4-2-1-3-5-8;1-11-5-2-6-7(10)9-4-3-8-6/h1-5,7H,6H2;6,8H,2-5H2,1H3,(H,9,10). The molecule has 0 aromatic heterocycles. The van der Waals surface area contributed by atoms with Crippen LogP contribution in [0.5, 0.6) is 0 Å². The van der Waals surface area contributed by atoms with Gasteiger partial charge in [-0.3, -0.25) is 9.59 Å². The van der Waals surface area contributed by atoms with E-state index in [1.165, 1.54) is 0 Å². The van der Waals surface area contributed by atoms with E-state index in [0.717, 1.165) is 25.1 Å². The zero-order chi connectivity index (χ0) is 15.3. The van der Waals surface area contributed by atoms with Gasteiger partial charge in [0, 0.05) is 26.8 Å². The van der Waals surface area contributed by atoms with Crippen molar-refractivity contribution in [1.82, 2.24) is 10.6 Å². The summed E-state index contributed by atoms with van der Waals surface area (Å²) in [5.74, 6) is 0.0910. The van der Waals surface area contributed by atoms with Crippen LogP contribution < -0.4 is 10.6 Å². The highest BCUT2D eigenvalue weighted by Gasteiger charge is 2.19. The fraction of sp³-hybridized carbons (Fsp3) is 0.467. The minimum atomic E-state index is -0.0521. The summed E-state index contributed by atoms with van der Waals surface area (Å²) in [7, 11) is 1.64. The van der Waals surface area contributed by atoms with Crippen molar-refractivity contribution in [2.24, 2.45) is 0 Å². The highest BCUT2D eigenvalue weighted by Crippen LogP contribution is 1.98. The van der Waals surface area contributed by atoms with Crippen molar-refractivity contribution in [2.75, 3.05) is 26.8 Å². The first kappa shape index (κ1) is 17.1. The Kier molecular flexibility index (Phi) is 8.83. The molecular formula is C15H22N2O4. The van der Waals surface area contributed by atoms with Crippen molar-refractivity contribution in [1.29, 1.82) is 0 Å². The van der Waals surface area contributed by atoms with Crippen molar-refractivity contribution in [2.45, 2.75) is 19.1 Å². The lowest BCUT2D eigenvalue weighted by Crippen LogP contribution is -2.53. The molecular weight excluding hydrogens is 272 g/mol. The molecule has 0 saturated carbocycles. The molecule has 6 nitrogen and oxygen atoms in total. The molecule has 21 heavy (non-hydrogen) atoms. The molecule has 0 bridgehead atoms. The molecule has 6 heteroatoms. The summed E-state index contributed by atoms with van der Waals surface area (Å²) < 4.78 is 9.41. The highest BCUT2D eigenvalue weighted by atomic mass is 16.5. The van der Waals surface area contributed by atoms with Gasteiger partial charge in [-0.15, -0.1) is 0 Å². The van der Waals surface area contributed by atoms with Crippen LogP contribution in [0.3, 0.4) is 0 Å². The van der Waals surface area contributed by atoms with Gasteiger partial charge < -0.3 is 20.1 Å². The van der Waals surface area contributed by atoms with Gasteiger partial charge in [0.25, 0.3) is 6.47 Å². The molecule has 0 spiro atoms. The summed E-state index contributed by atoms with van der Waals surface area (Å²) in [6, 6.07) is 9.49. The maximum absolute atomic E-state index is 11.1. The summed E-state index contributed by atoms with van der Waals surface area (Å²) in [6.45, 7) is 3.05. The van der Waals surface area contributed by atoms with E-state index in [4.69, 9.17) is 4.74 Å². The van der Waals surface area contributed by atoms with Crippen molar-refractivity contribution >= 4 is 12.4 Å². The van der Waals surface area contributed by atoms with Crippen molar-refractivity contribution < 1.29 is 19.1 Å². The van der Waals surface area contributed by atoms with Crippen LogP contribution in [0.4, 0.5) is 0 Å². The van der Waals surface area contributed by atoms with Gasteiger partial charge in [-0.1, -0.05) is 30.3 Å². The number of ether oxygens (including phenoxy) is 2. The van der Waals surface area contributed by atoms with Crippen LogP contribution >= 0.6 is 0 Å². The number of carbonyl (C=O) groups is 2. The molecule has 2 N–H and O–H groups in total. The van der Waals surface area contributed by atoms with Crippen molar-refractivity contribution in [3.63, 3.8) is 0 Å². The summed E-state index contributed by atoms with van der Waals surface area (Å²) >= 11 is 0. The van der Waals surface area contributed by atoms with Crippen molar-refractivity contribution in [3.8, 4) is 0 Å². The normalized spacial score (nSPS) is 17.2. The fourth-order valence-corrected chi connectivity index (χ4v) is 1.82. The lowest BCUT2D eigenvalue weighted by atomic mass is 10.1. The van der Waals surface area contributed by atoms with Crippen molar-refractivity contribution in [3.05, 3.63) is 35.9 Å². The zero-order valence-electron chi connectivity index (χ0n) is 12.2. The molecule has 1 atom stereocenters. The molecule has 1 aromatic carbocycles. The van der Waals surface area contributed by atoms with Crippen LogP contribution in [0.15, 0.2) is 30.3 Å². The molecule has 1 aliphatic heterocycles. The molecule has 1 heterocycles. The van der Waals surface area contributed by atoms with Gasteiger partial charge in [0.15, 0.2) is 0 Å². The van der Waals surface area contributed by atoms with Gasteiger partial charge in [-0.25, -0.2) is 0 Å². The van der Waals surface area contributed by atoms with E-state index in [0.29, 0.717) is 19.7 Å². The van der Waals surface area contributed by atoms with Crippen LogP contribution in [-0.2, 0) is 25.7 Å². The second-order valence-electron chi connectivity index (χ2n) is 4.47. The van der Waals surface area contributed by atoms with Crippen LogP contribution in [0.2, 0.25) is 0 Å². The van der Waals surface area contributed by atoms with E-state index >= 15 is 0 Å². The van der Waals surface area contributed by atoms with E-state index in [-0.39, 0.29) is 11.9 Å². The van der Waals surface area contributed by atoms with Gasteiger partial charge in [-0.2, -0.15) is 0 Å². The van der Waals surface area contributed by atoms with Gasteiger partial charge >= 0.3 is 0 Å². The van der Waals surface area contributed by atoms with Gasteiger partial charge in [0.1, 0.15) is 6.61 Å². The third-order valence-electron chi connectivity index (χ3n) is 2.90. The number of carbonyl (C=O) groups excluding carboxylic acids is 2. The number of benzene rings is 1. The number of rotatable bonds is 6. The first-order valence-corrected chi connectivity index (χ1v) is 6.87. The lowest BCUT2D eigenvalue weighted by Gasteiger charge is -2.22. The average Bonchev–Trinajstić information content (AvgIpc) is 2.54. The first-order valence-electron chi connectivity index (χ1n) is 6.87. The zero-order valence-corrected chi connectivity index (χ0v) is 12.2. The number of piperazine rings is 1. The summed E-state index contributed by atoms with van der Waals surface area (Å²) in [4.78, 5) is 20.8. The Morgan fingerprint density at radius 3 is 2.67 bits per heavy atom. The minimum absolute atomic E-state index is 0.0521. The van der Waals surface area contributed by atoms with Crippen LogP contribution in [-0.4, -0.2) is 45.2 Å². The Hall–Kier alpha value is -1.92. The number of hydrogen-bond donors (Lipinski definition) is 2. The molecule has 1 unspecified atom stereocenters. The number of amides is 1. The van der Waals surface area contributed by atoms with Crippen LogP contribution in [0.25, 0.3) is 0 Å². The number of nitrogens with one attached hydrogen (secondary N) is 2. The molecule has 2 rings (SSSR count). The van der Waals surface area contributed by atoms with Gasteiger partial charge in [0.05, 0.1) is 6.04 Å². The maximum atomic E-state index is 11.1. The Morgan fingerprint density at radius 1 is 1.29 bits per heavy atom. The molecule has 0 aliphatic carbocycles. The number of methoxy groups -OCH3 is 1. The Bertz CT molecular complexity index is 411. The quantitative estimate of drug-likeness (QED) is 0.746. The second kappa shape index (κ2) is 10.8. The van der Waals surface area contributed by atoms with Gasteiger partial charge in [-0.05, 0) is 12.0 Å². The topological polar surface area (TPSA) is 76.7 Å². The van der Waals surface area contributed by atoms with E-state index in [1.807, 2.05) is 30.3 Å². The smallest absolute Gasteiger partial charge is 0.293 e. The van der Waals surface area contributed by atoms with E-state index in [1.54, 1.807) is 7.11 Å². The largest absolute Gasteiger partial charge is 0.463 e. The van der Waals surface area contributed by atoms with Crippen LogP contribution in [0, 0.1) is 0 Å². The first-order chi connectivity index (χ1) is 10.3. The van der Waals surface area contributed by atoms with Crippen LogP contribution in [0.1, 0.15) is 12.0 Å². The predicted molar refractivity (Wildman–Crippen MR) is 78.6 cm³/mol. The monoisotopic (exact) mass is 294 g/mol. The Balaban J connectivity index is 0.000000211. The summed E-state index contributed by atoms with van der Waals surface area (Å²) in [5, 5.41) is 5.90.